The van der Waals surface area contributed by atoms with Gasteiger partial charge in [-0.05, 0) is 55.9 Å². The number of fused-ring (bicyclic) bond motifs is 3. The van der Waals surface area contributed by atoms with Crippen molar-refractivity contribution in [3.8, 4) is 22.3 Å². The molecule has 0 spiro atoms. The normalized spacial score (nSPS) is 17.0. The molecule has 0 unspecified atom stereocenters. The van der Waals surface area contributed by atoms with E-state index in [1.54, 1.807) is 0 Å². The zero-order valence-electron chi connectivity index (χ0n) is 20.0. The second-order valence-electron chi connectivity index (χ2n) is 10.0. The summed E-state index contributed by atoms with van der Waals surface area (Å²) in [7, 11) is -0.362. The predicted molar refractivity (Wildman–Crippen MR) is 140 cm³/mol. The Morgan fingerprint density at radius 2 is 1.15 bits per heavy atom. The molecule has 4 heteroatoms. The van der Waals surface area contributed by atoms with E-state index in [-0.39, 0.29) is 18.3 Å². The fraction of sp³-hybridized carbons (Fsp3) is 0.200. The summed E-state index contributed by atoms with van der Waals surface area (Å²) in [6.45, 7) is 8.32. The van der Waals surface area contributed by atoms with Crippen LogP contribution in [-0.2, 0) is 9.31 Å². The van der Waals surface area contributed by atoms with E-state index in [1.807, 2.05) is 12.1 Å². The second kappa shape index (κ2) is 7.59. The summed E-state index contributed by atoms with van der Waals surface area (Å²) in [6.07, 6.45) is 0. The lowest BCUT2D eigenvalue weighted by Crippen LogP contribution is -2.41. The zero-order chi connectivity index (χ0) is 23.5. The molecule has 0 saturated carbocycles. The van der Waals surface area contributed by atoms with Crippen LogP contribution in [0.25, 0.3) is 44.2 Å². The first-order valence-corrected chi connectivity index (χ1v) is 11.8. The molecule has 34 heavy (non-hydrogen) atoms. The van der Waals surface area contributed by atoms with Gasteiger partial charge in [0, 0.05) is 16.3 Å². The number of hydrogen-bond acceptors (Lipinski definition) is 3. The predicted octanol–water partition coefficient (Wildman–Crippen LogP) is 7.22. The molecule has 0 aliphatic carbocycles. The number of furan rings is 1. The van der Waals surface area contributed by atoms with Crippen LogP contribution in [0, 0.1) is 0 Å². The van der Waals surface area contributed by atoms with E-state index in [0.29, 0.717) is 0 Å². The Balaban J connectivity index is 1.41. The number of benzene rings is 4. The van der Waals surface area contributed by atoms with Crippen LogP contribution in [0.15, 0.2) is 95.4 Å². The minimum Gasteiger partial charge on any atom is -0.455 e. The highest BCUT2D eigenvalue weighted by atomic mass is 16.7. The van der Waals surface area contributed by atoms with Crippen molar-refractivity contribution in [2.24, 2.45) is 0 Å². The van der Waals surface area contributed by atoms with Crippen molar-refractivity contribution < 1.29 is 13.7 Å². The first-order chi connectivity index (χ1) is 16.3. The summed E-state index contributed by atoms with van der Waals surface area (Å²) in [5.41, 5.74) is 6.70. The summed E-state index contributed by atoms with van der Waals surface area (Å²) >= 11 is 0. The highest BCUT2D eigenvalue weighted by molar-refractivity contribution is 6.62. The zero-order valence-corrected chi connectivity index (χ0v) is 20.0. The number of rotatable bonds is 3. The van der Waals surface area contributed by atoms with Crippen LogP contribution in [0.2, 0.25) is 0 Å². The Labute approximate surface area is 200 Å². The third-order valence-corrected chi connectivity index (χ3v) is 7.37. The summed E-state index contributed by atoms with van der Waals surface area (Å²) in [5, 5.41) is 2.28. The van der Waals surface area contributed by atoms with Crippen LogP contribution in [0.3, 0.4) is 0 Å². The number of para-hydroxylation sites is 2. The quantitative estimate of drug-likeness (QED) is 0.274. The third-order valence-electron chi connectivity index (χ3n) is 7.37. The molecular formula is C30H27BO3. The highest BCUT2D eigenvalue weighted by Crippen LogP contribution is 2.40. The smallest absolute Gasteiger partial charge is 0.455 e. The minimum atomic E-state index is -0.362. The molecule has 2 heterocycles. The lowest BCUT2D eigenvalue weighted by atomic mass is 9.78. The van der Waals surface area contributed by atoms with Gasteiger partial charge in [0.1, 0.15) is 11.2 Å². The Morgan fingerprint density at radius 3 is 1.88 bits per heavy atom. The molecule has 1 saturated heterocycles. The van der Waals surface area contributed by atoms with Gasteiger partial charge in [-0.15, -0.1) is 0 Å². The maximum absolute atomic E-state index is 6.32. The van der Waals surface area contributed by atoms with Crippen LogP contribution >= 0.6 is 0 Å². The molecule has 3 nitrogen and oxygen atoms in total. The standard InChI is InChI=1S/C30H27BO3/c1-29(2)30(3,4)34-31(33-29)21-18-16-20(17-19-21)22-10-5-6-11-23(22)25-13-9-14-26-24-12-7-8-15-27(24)32-28(25)26/h5-19H,1-4H3. The molecule has 0 atom stereocenters. The molecule has 168 valence electrons. The Kier molecular flexibility index (Phi) is 4.74. The topological polar surface area (TPSA) is 31.6 Å². The molecule has 0 amide bonds. The Hall–Kier alpha value is -3.34. The van der Waals surface area contributed by atoms with E-state index in [2.05, 4.69) is 107 Å². The molecule has 0 N–H and O–H groups in total. The summed E-state index contributed by atoms with van der Waals surface area (Å²) < 4.78 is 18.8. The van der Waals surface area contributed by atoms with Crippen molar-refractivity contribution in [3.63, 3.8) is 0 Å². The van der Waals surface area contributed by atoms with Gasteiger partial charge >= 0.3 is 7.12 Å². The first kappa shape index (κ1) is 21.2. The molecular weight excluding hydrogens is 419 g/mol. The Bertz CT molecular complexity index is 1500. The van der Waals surface area contributed by atoms with Crippen molar-refractivity contribution in [1.82, 2.24) is 0 Å². The lowest BCUT2D eigenvalue weighted by Gasteiger charge is -2.32. The second-order valence-corrected chi connectivity index (χ2v) is 10.0. The average molecular weight is 446 g/mol. The van der Waals surface area contributed by atoms with Gasteiger partial charge in [0.15, 0.2) is 0 Å². The van der Waals surface area contributed by atoms with Crippen molar-refractivity contribution in [3.05, 3.63) is 91.0 Å². The van der Waals surface area contributed by atoms with Gasteiger partial charge in [-0.1, -0.05) is 84.9 Å². The van der Waals surface area contributed by atoms with Crippen LogP contribution in [0.4, 0.5) is 0 Å². The van der Waals surface area contributed by atoms with Gasteiger partial charge in [0.25, 0.3) is 0 Å². The monoisotopic (exact) mass is 446 g/mol. The van der Waals surface area contributed by atoms with Crippen LogP contribution < -0.4 is 5.46 Å². The highest BCUT2D eigenvalue weighted by Gasteiger charge is 2.51. The van der Waals surface area contributed by atoms with E-state index in [4.69, 9.17) is 13.7 Å². The van der Waals surface area contributed by atoms with E-state index < -0.39 is 0 Å². The molecule has 1 aliphatic heterocycles. The molecule has 6 rings (SSSR count). The molecule has 5 aromatic rings. The lowest BCUT2D eigenvalue weighted by molar-refractivity contribution is 0.00578. The molecule has 0 bridgehead atoms. The van der Waals surface area contributed by atoms with Gasteiger partial charge in [-0.3, -0.25) is 0 Å². The molecule has 4 aromatic carbocycles. The summed E-state index contributed by atoms with van der Waals surface area (Å²) in [5.74, 6) is 0. The fourth-order valence-electron chi connectivity index (χ4n) is 4.73. The number of hydrogen-bond donors (Lipinski definition) is 0. The maximum atomic E-state index is 6.32. The maximum Gasteiger partial charge on any atom is 0.494 e. The molecule has 1 aromatic heterocycles. The summed E-state index contributed by atoms with van der Waals surface area (Å²) in [4.78, 5) is 0. The largest absolute Gasteiger partial charge is 0.494 e. The van der Waals surface area contributed by atoms with Crippen LogP contribution in [0.1, 0.15) is 27.7 Å². The summed E-state index contributed by atoms with van der Waals surface area (Å²) in [6, 6.07) is 31.6. The molecule has 1 fully saturated rings. The van der Waals surface area contributed by atoms with Crippen LogP contribution in [0.5, 0.6) is 0 Å². The third kappa shape index (κ3) is 3.29. The van der Waals surface area contributed by atoms with Crippen molar-refractivity contribution in [2.45, 2.75) is 38.9 Å². The van der Waals surface area contributed by atoms with E-state index >= 15 is 0 Å². The Morgan fingerprint density at radius 1 is 0.559 bits per heavy atom. The SMILES string of the molecule is CC1(C)OB(c2ccc(-c3ccccc3-c3cccc4c3oc3ccccc34)cc2)OC1(C)C. The van der Waals surface area contributed by atoms with Gasteiger partial charge in [0.2, 0.25) is 0 Å². The molecule has 1 aliphatic rings. The van der Waals surface area contributed by atoms with Crippen molar-refractivity contribution in [2.75, 3.05) is 0 Å². The van der Waals surface area contributed by atoms with E-state index in [1.165, 1.54) is 0 Å². The van der Waals surface area contributed by atoms with Gasteiger partial charge in [-0.2, -0.15) is 0 Å². The van der Waals surface area contributed by atoms with Crippen molar-refractivity contribution in [1.29, 1.82) is 0 Å². The van der Waals surface area contributed by atoms with Crippen LogP contribution in [-0.4, -0.2) is 18.3 Å². The first-order valence-electron chi connectivity index (χ1n) is 11.8. The molecule has 0 radical (unpaired) electrons. The van der Waals surface area contributed by atoms with Gasteiger partial charge < -0.3 is 13.7 Å². The van der Waals surface area contributed by atoms with E-state index in [0.717, 1.165) is 49.7 Å². The van der Waals surface area contributed by atoms with Gasteiger partial charge in [-0.25, -0.2) is 0 Å². The minimum absolute atomic E-state index is 0.353. The van der Waals surface area contributed by atoms with E-state index in [9.17, 15) is 0 Å². The van der Waals surface area contributed by atoms with Crippen molar-refractivity contribution >= 4 is 34.5 Å². The fourth-order valence-corrected chi connectivity index (χ4v) is 4.73. The average Bonchev–Trinajstić information content (AvgIpc) is 3.32. The van der Waals surface area contributed by atoms with Gasteiger partial charge in [0.05, 0.1) is 11.2 Å².